The molecular formula is C9H12F3NOS. The monoisotopic (exact) mass is 239 g/mol. The summed E-state index contributed by atoms with van der Waals surface area (Å²) in [5.41, 5.74) is 0. The molecule has 0 aliphatic carbocycles. The van der Waals surface area contributed by atoms with E-state index in [2.05, 4.69) is 10.8 Å². The molecule has 0 amide bonds. The second-order valence-electron chi connectivity index (χ2n) is 3.48. The van der Waals surface area contributed by atoms with Gasteiger partial charge < -0.3 is 4.74 Å². The van der Waals surface area contributed by atoms with Gasteiger partial charge in [-0.1, -0.05) is 0 Å². The molecule has 1 heterocycles. The largest absolute Gasteiger partial charge is 0.411 e. The molecule has 1 aliphatic rings. The van der Waals surface area contributed by atoms with Crippen molar-refractivity contribution in [2.45, 2.75) is 30.2 Å². The minimum Gasteiger partial charge on any atom is -0.372 e. The van der Waals surface area contributed by atoms with Crippen molar-refractivity contribution in [1.29, 1.82) is 5.26 Å². The maximum atomic E-state index is 11.7. The fourth-order valence-corrected chi connectivity index (χ4v) is 2.72. The van der Waals surface area contributed by atoms with Gasteiger partial charge in [0.1, 0.15) is 11.4 Å². The third kappa shape index (κ3) is 4.31. The first-order valence-electron chi connectivity index (χ1n) is 4.67. The van der Waals surface area contributed by atoms with Crippen LogP contribution in [-0.2, 0) is 4.74 Å². The number of nitriles is 1. The first-order valence-corrected chi connectivity index (χ1v) is 5.66. The fraction of sp³-hybridized carbons (Fsp3) is 0.889. The summed E-state index contributed by atoms with van der Waals surface area (Å²) in [6.07, 6.45) is -2.19. The number of halogens is 3. The number of ether oxygens (including phenoxy) is 1. The highest BCUT2D eigenvalue weighted by molar-refractivity contribution is 8.01. The molecular weight excluding hydrogens is 227 g/mol. The summed E-state index contributed by atoms with van der Waals surface area (Å²) in [5.74, 6) is 0.910. The van der Waals surface area contributed by atoms with Crippen LogP contribution in [-0.4, -0.2) is 29.9 Å². The smallest absolute Gasteiger partial charge is 0.372 e. The summed E-state index contributed by atoms with van der Waals surface area (Å²) >= 11 is 1.53. The lowest BCUT2D eigenvalue weighted by atomic mass is 10.0. The second kappa shape index (κ2) is 5.08. The van der Waals surface area contributed by atoms with Crippen molar-refractivity contribution in [3.63, 3.8) is 0 Å². The highest BCUT2D eigenvalue weighted by Gasteiger charge is 2.35. The number of thioether (sulfide) groups is 1. The molecule has 0 aromatic carbocycles. The van der Waals surface area contributed by atoms with E-state index in [-0.39, 0.29) is 6.61 Å². The summed E-state index contributed by atoms with van der Waals surface area (Å²) in [7, 11) is 0. The fourth-order valence-electron chi connectivity index (χ4n) is 1.46. The van der Waals surface area contributed by atoms with Crippen LogP contribution in [0.3, 0.4) is 0 Å². The Balaban J connectivity index is 2.22. The number of hydrogen-bond acceptors (Lipinski definition) is 3. The van der Waals surface area contributed by atoms with Gasteiger partial charge in [0.15, 0.2) is 0 Å². The SMILES string of the molecule is N#CC1(CCOCC(F)(F)F)CCCS1. The van der Waals surface area contributed by atoms with Crippen LogP contribution in [0.4, 0.5) is 13.2 Å². The Kier molecular flexibility index (Phi) is 4.29. The molecule has 86 valence electrons. The highest BCUT2D eigenvalue weighted by Crippen LogP contribution is 2.40. The van der Waals surface area contributed by atoms with Crippen molar-refractivity contribution >= 4 is 11.8 Å². The van der Waals surface area contributed by atoms with Gasteiger partial charge in [-0.25, -0.2) is 0 Å². The van der Waals surface area contributed by atoms with Gasteiger partial charge in [0.05, 0.1) is 6.07 Å². The number of alkyl halides is 3. The van der Waals surface area contributed by atoms with Crippen LogP contribution in [0.2, 0.25) is 0 Å². The summed E-state index contributed by atoms with van der Waals surface area (Å²) in [4.78, 5) is 0. The normalized spacial score (nSPS) is 26.5. The van der Waals surface area contributed by atoms with E-state index < -0.39 is 17.5 Å². The predicted octanol–water partition coefficient (Wildman–Crippen LogP) is 2.74. The Morgan fingerprint density at radius 3 is 2.67 bits per heavy atom. The summed E-state index contributed by atoms with van der Waals surface area (Å²) in [6, 6.07) is 2.18. The lowest BCUT2D eigenvalue weighted by Crippen LogP contribution is -2.23. The maximum absolute atomic E-state index is 11.7. The predicted molar refractivity (Wildman–Crippen MR) is 51.5 cm³/mol. The minimum atomic E-state index is -4.28. The molecule has 0 saturated carbocycles. The van der Waals surface area contributed by atoms with Gasteiger partial charge in [-0.3, -0.25) is 0 Å². The topological polar surface area (TPSA) is 33.0 Å². The summed E-state index contributed by atoms with van der Waals surface area (Å²) < 4.78 is 39.2. The van der Waals surface area contributed by atoms with Crippen molar-refractivity contribution in [2.75, 3.05) is 19.0 Å². The second-order valence-corrected chi connectivity index (χ2v) is 4.95. The van der Waals surface area contributed by atoms with E-state index in [0.717, 1.165) is 18.6 Å². The number of hydrogen-bond donors (Lipinski definition) is 0. The molecule has 1 atom stereocenters. The van der Waals surface area contributed by atoms with E-state index in [1.165, 1.54) is 11.8 Å². The number of nitrogens with zero attached hydrogens (tertiary/aromatic N) is 1. The van der Waals surface area contributed by atoms with Crippen LogP contribution in [0.5, 0.6) is 0 Å². The zero-order valence-corrected chi connectivity index (χ0v) is 8.96. The molecule has 2 nitrogen and oxygen atoms in total. The quantitative estimate of drug-likeness (QED) is 0.707. The molecule has 1 saturated heterocycles. The van der Waals surface area contributed by atoms with E-state index in [1.807, 2.05) is 0 Å². The van der Waals surface area contributed by atoms with Crippen molar-refractivity contribution in [1.82, 2.24) is 0 Å². The molecule has 1 unspecified atom stereocenters. The molecule has 0 aromatic heterocycles. The highest BCUT2D eigenvalue weighted by atomic mass is 32.2. The van der Waals surface area contributed by atoms with Crippen molar-refractivity contribution in [2.24, 2.45) is 0 Å². The molecule has 1 aliphatic heterocycles. The maximum Gasteiger partial charge on any atom is 0.411 e. The summed E-state index contributed by atoms with van der Waals surface area (Å²) in [6.45, 7) is -1.22. The molecule has 0 radical (unpaired) electrons. The number of rotatable bonds is 4. The van der Waals surface area contributed by atoms with Crippen LogP contribution < -0.4 is 0 Å². The van der Waals surface area contributed by atoms with Crippen LogP contribution in [0.15, 0.2) is 0 Å². The van der Waals surface area contributed by atoms with E-state index in [0.29, 0.717) is 6.42 Å². The third-order valence-electron chi connectivity index (χ3n) is 2.22. The van der Waals surface area contributed by atoms with Gasteiger partial charge in [-0.2, -0.15) is 18.4 Å². The zero-order chi connectivity index (χ0) is 11.4. The molecule has 0 aromatic rings. The van der Waals surface area contributed by atoms with E-state index in [9.17, 15) is 13.2 Å². The molecule has 0 N–H and O–H groups in total. The Bertz CT molecular complexity index is 243. The Morgan fingerprint density at radius 2 is 2.20 bits per heavy atom. The average molecular weight is 239 g/mol. The van der Waals surface area contributed by atoms with Gasteiger partial charge in [0.2, 0.25) is 0 Å². The van der Waals surface area contributed by atoms with Crippen LogP contribution >= 0.6 is 11.8 Å². The van der Waals surface area contributed by atoms with Gasteiger partial charge in [0, 0.05) is 6.61 Å². The lowest BCUT2D eigenvalue weighted by Gasteiger charge is -2.19. The Hall–Kier alpha value is -0.410. The molecule has 1 fully saturated rings. The standard InChI is InChI=1S/C9H12F3NOS/c10-9(11,12)7-14-4-3-8(6-13)2-1-5-15-8/h1-5,7H2. The lowest BCUT2D eigenvalue weighted by molar-refractivity contribution is -0.174. The van der Waals surface area contributed by atoms with Gasteiger partial charge in [-0.05, 0) is 25.0 Å². The minimum absolute atomic E-state index is 0.0000694. The molecule has 15 heavy (non-hydrogen) atoms. The molecule has 0 spiro atoms. The first kappa shape index (κ1) is 12.7. The molecule has 1 rings (SSSR count). The average Bonchev–Trinajstić information content (AvgIpc) is 2.60. The van der Waals surface area contributed by atoms with Gasteiger partial charge in [0.25, 0.3) is 0 Å². The van der Waals surface area contributed by atoms with E-state index in [4.69, 9.17) is 5.26 Å². The van der Waals surface area contributed by atoms with Crippen LogP contribution in [0, 0.1) is 11.3 Å². The van der Waals surface area contributed by atoms with E-state index >= 15 is 0 Å². The summed E-state index contributed by atoms with van der Waals surface area (Å²) in [5, 5.41) is 8.93. The zero-order valence-electron chi connectivity index (χ0n) is 8.14. The first-order chi connectivity index (χ1) is 6.97. The van der Waals surface area contributed by atoms with Crippen molar-refractivity contribution in [3.8, 4) is 6.07 Å². The van der Waals surface area contributed by atoms with Crippen molar-refractivity contribution < 1.29 is 17.9 Å². The Morgan fingerprint density at radius 1 is 1.47 bits per heavy atom. The molecule has 0 bridgehead atoms. The van der Waals surface area contributed by atoms with Crippen LogP contribution in [0.25, 0.3) is 0 Å². The third-order valence-corrected chi connectivity index (χ3v) is 3.77. The Labute approximate surface area is 90.8 Å². The van der Waals surface area contributed by atoms with Gasteiger partial charge >= 0.3 is 6.18 Å². The molecule has 6 heteroatoms. The van der Waals surface area contributed by atoms with Crippen molar-refractivity contribution in [3.05, 3.63) is 0 Å². The van der Waals surface area contributed by atoms with Gasteiger partial charge in [-0.15, -0.1) is 11.8 Å². The van der Waals surface area contributed by atoms with E-state index in [1.54, 1.807) is 0 Å². The van der Waals surface area contributed by atoms with Crippen LogP contribution in [0.1, 0.15) is 19.3 Å².